The maximum Gasteiger partial charge on any atom is 0.213 e. The van der Waals surface area contributed by atoms with Crippen molar-refractivity contribution >= 4 is 34.2 Å². The first kappa shape index (κ1) is 24.9. The summed E-state index contributed by atoms with van der Waals surface area (Å²) in [7, 11) is 6.28. The molecule has 0 bridgehead atoms. The summed E-state index contributed by atoms with van der Waals surface area (Å²) >= 11 is 0. The predicted molar refractivity (Wildman–Crippen MR) is 128 cm³/mol. The zero-order valence-corrected chi connectivity index (χ0v) is 20.1. The molecule has 4 rings (SSSR count). The molecular weight excluding hydrogens is 427 g/mol. The molecule has 0 aliphatic carbocycles. The summed E-state index contributed by atoms with van der Waals surface area (Å²) in [5, 5.41) is 2.56. The second-order valence-corrected chi connectivity index (χ2v) is 8.05. The van der Waals surface area contributed by atoms with E-state index in [1.807, 2.05) is 0 Å². The first-order chi connectivity index (χ1) is 14.0. The van der Waals surface area contributed by atoms with Crippen LogP contribution in [0, 0.1) is 6.92 Å². The Labute approximate surface area is 197 Å². The van der Waals surface area contributed by atoms with Crippen LogP contribution in [-0.4, -0.2) is 32.1 Å². The number of ether oxygens (including phenoxy) is 1. The highest BCUT2D eigenvalue weighted by molar-refractivity contribution is 5.94. The van der Waals surface area contributed by atoms with Gasteiger partial charge in [0.15, 0.2) is 0 Å². The standard InChI is InChI=1S/C26H29N2O.2ClH/c1-19-9-11-20(12-10-19)17-23-22-7-5-6-8-25(22)28(4)26-14-13-21(18-24(23)26)29-16-15-27(2)3;;/h5-14,18H,15-17H2,1-4H3;2*1H/q+1;;/p-1. The highest BCUT2D eigenvalue weighted by Gasteiger charge is 2.18. The molecule has 4 aromatic rings. The number of nitrogens with zero attached hydrogens (tertiary/aromatic N) is 2. The highest BCUT2D eigenvalue weighted by Crippen LogP contribution is 2.29. The number of fused-ring (bicyclic) bond motifs is 2. The molecule has 0 N–H and O–H groups in total. The summed E-state index contributed by atoms with van der Waals surface area (Å²) in [5.41, 5.74) is 6.46. The van der Waals surface area contributed by atoms with Crippen LogP contribution < -0.4 is 21.7 Å². The molecule has 31 heavy (non-hydrogen) atoms. The van der Waals surface area contributed by atoms with Gasteiger partial charge in [0.25, 0.3) is 0 Å². The van der Waals surface area contributed by atoms with E-state index >= 15 is 0 Å². The molecule has 0 spiro atoms. The summed E-state index contributed by atoms with van der Waals surface area (Å²) < 4.78 is 8.33. The number of hydrogen-bond acceptors (Lipinski definition) is 2. The molecule has 0 aliphatic heterocycles. The number of aromatic nitrogens is 1. The molecule has 164 valence electrons. The van der Waals surface area contributed by atoms with E-state index in [0.29, 0.717) is 6.61 Å². The minimum Gasteiger partial charge on any atom is -1.00 e. The molecule has 1 aromatic heterocycles. The number of likely N-dealkylation sites (N-methyl/N-ethyl adjacent to an activating group) is 1. The van der Waals surface area contributed by atoms with Gasteiger partial charge >= 0.3 is 0 Å². The fraction of sp³-hybridized carbons (Fsp3) is 0.269. The topological polar surface area (TPSA) is 16.4 Å². The van der Waals surface area contributed by atoms with E-state index in [1.54, 1.807) is 0 Å². The van der Waals surface area contributed by atoms with Gasteiger partial charge in [-0.25, -0.2) is 0 Å². The third kappa shape index (κ3) is 5.48. The van der Waals surface area contributed by atoms with E-state index in [2.05, 4.69) is 104 Å². The Kier molecular flexibility index (Phi) is 8.69. The number of benzene rings is 3. The van der Waals surface area contributed by atoms with Crippen molar-refractivity contribution in [3.05, 3.63) is 83.4 Å². The van der Waals surface area contributed by atoms with Gasteiger partial charge in [0.1, 0.15) is 19.4 Å². The van der Waals surface area contributed by atoms with Crippen molar-refractivity contribution in [2.45, 2.75) is 13.3 Å². The van der Waals surface area contributed by atoms with Crippen molar-refractivity contribution in [3.63, 3.8) is 0 Å². The van der Waals surface area contributed by atoms with Crippen molar-refractivity contribution in [2.24, 2.45) is 7.05 Å². The van der Waals surface area contributed by atoms with Gasteiger partial charge in [0.05, 0.1) is 10.8 Å². The smallest absolute Gasteiger partial charge is 0.213 e. The Morgan fingerprint density at radius 1 is 0.871 bits per heavy atom. The minimum absolute atomic E-state index is 0. The zero-order chi connectivity index (χ0) is 20.4. The van der Waals surface area contributed by atoms with Crippen molar-refractivity contribution in [1.82, 2.24) is 4.90 Å². The molecule has 0 unspecified atom stereocenters. The van der Waals surface area contributed by atoms with E-state index < -0.39 is 0 Å². The summed E-state index contributed by atoms with van der Waals surface area (Å²) in [4.78, 5) is 2.14. The SMILES string of the molecule is Cc1ccc(Cc2c3ccccc3[n+](C)c3ccc(OCCN(C)C)cc23)cc1.Cl.[Cl-]. The highest BCUT2D eigenvalue weighted by atomic mass is 35.5. The van der Waals surface area contributed by atoms with Crippen molar-refractivity contribution in [2.75, 3.05) is 27.2 Å². The zero-order valence-electron chi connectivity index (χ0n) is 18.6. The van der Waals surface area contributed by atoms with Crippen LogP contribution in [-0.2, 0) is 13.5 Å². The molecule has 3 aromatic carbocycles. The predicted octanol–water partition coefficient (Wildman–Crippen LogP) is 2.08. The van der Waals surface area contributed by atoms with Gasteiger partial charge in [-0.15, -0.1) is 12.4 Å². The fourth-order valence-electron chi connectivity index (χ4n) is 3.88. The second-order valence-electron chi connectivity index (χ2n) is 8.05. The number of pyridine rings is 1. The van der Waals surface area contributed by atoms with Crippen molar-refractivity contribution in [1.29, 1.82) is 0 Å². The molecule has 0 amide bonds. The Hall–Kier alpha value is -2.33. The summed E-state index contributed by atoms with van der Waals surface area (Å²) in [6.07, 6.45) is 0.902. The van der Waals surface area contributed by atoms with Gasteiger partial charge in [-0.3, -0.25) is 0 Å². The number of para-hydroxylation sites is 1. The summed E-state index contributed by atoms with van der Waals surface area (Å²) in [6, 6.07) is 24.0. The average molecular weight is 457 g/mol. The molecule has 1 heterocycles. The summed E-state index contributed by atoms with van der Waals surface area (Å²) in [6.45, 7) is 3.72. The maximum atomic E-state index is 6.05. The van der Waals surface area contributed by atoms with E-state index in [-0.39, 0.29) is 24.8 Å². The van der Waals surface area contributed by atoms with E-state index in [9.17, 15) is 0 Å². The number of rotatable bonds is 6. The third-order valence-corrected chi connectivity index (χ3v) is 5.55. The van der Waals surface area contributed by atoms with E-state index in [1.165, 1.54) is 38.5 Å². The first-order valence-corrected chi connectivity index (χ1v) is 10.2. The summed E-state index contributed by atoms with van der Waals surface area (Å²) in [5.74, 6) is 0.930. The van der Waals surface area contributed by atoms with Crippen LogP contribution in [0.4, 0.5) is 0 Å². The Morgan fingerprint density at radius 2 is 1.55 bits per heavy atom. The number of hydrogen-bond donors (Lipinski definition) is 0. The molecule has 0 atom stereocenters. The van der Waals surface area contributed by atoms with Crippen LogP contribution in [0.1, 0.15) is 16.7 Å². The lowest BCUT2D eigenvalue weighted by Crippen LogP contribution is -3.00. The van der Waals surface area contributed by atoms with Crippen LogP contribution >= 0.6 is 12.4 Å². The fourth-order valence-corrected chi connectivity index (χ4v) is 3.88. The quantitative estimate of drug-likeness (QED) is 0.326. The van der Waals surface area contributed by atoms with E-state index in [4.69, 9.17) is 4.74 Å². The van der Waals surface area contributed by atoms with E-state index in [0.717, 1.165) is 18.7 Å². The monoisotopic (exact) mass is 456 g/mol. The maximum absolute atomic E-state index is 6.05. The number of halogens is 2. The third-order valence-electron chi connectivity index (χ3n) is 5.55. The molecule has 0 fully saturated rings. The van der Waals surface area contributed by atoms with Crippen molar-refractivity contribution in [3.8, 4) is 5.75 Å². The number of aryl methyl sites for hydroxylation is 2. The lowest BCUT2D eigenvalue weighted by Gasteiger charge is -2.14. The molecule has 0 saturated carbocycles. The van der Waals surface area contributed by atoms with Gasteiger partial charge in [-0.05, 0) is 56.8 Å². The Balaban J connectivity index is 0.00000171. The molecule has 5 heteroatoms. The van der Waals surface area contributed by atoms with Gasteiger partial charge in [-0.2, -0.15) is 4.57 Å². The largest absolute Gasteiger partial charge is 1.00 e. The minimum atomic E-state index is 0. The molecule has 0 aliphatic rings. The van der Waals surface area contributed by atoms with Crippen LogP contribution in [0.3, 0.4) is 0 Å². The Morgan fingerprint density at radius 3 is 2.26 bits per heavy atom. The van der Waals surface area contributed by atoms with Crippen LogP contribution in [0.15, 0.2) is 66.7 Å². The van der Waals surface area contributed by atoms with Crippen LogP contribution in [0.2, 0.25) is 0 Å². The van der Waals surface area contributed by atoms with Gasteiger partial charge in [0, 0.05) is 18.7 Å². The lowest BCUT2D eigenvalue weighted by molar-refractivity contribution is -0.617. The normalized spacial score (nSPS) is 10.7. The molecular formula is C26H30Cl2N2O. The molecule has 0 radical (unpaired) electrons. The first-order valence-electron chi connectivity index (χ1n) is 10.2. The average Bonchev–Trinajstić information content (AvgIpc) is 2.72. The van der Waals surface area contributed by atoms with Crippen LogP contribution in [0.5, 0.6) is 5.75 Å². The van der Waals surface area contributed by atoms with Gasteiger partial charge in [-0.1, -0.05) is 42.0 Å². The van der Waals surface area contributed by atoms with Crippen LogP contribution in [0.25, 0.3) is 21.8 Å². The molecule has 0 saturated heterocycles. The molecule has 3 nitrogen and oxygen atoms in total. The van der Waals surface area contributed by atoms with Gasteiger partial charge < -0.3 is 22.0 Å². The Bertz CT molecular complexity index is 1160. The lowest BCUT2D eigenvalue weighted by atomic mass is 9.95. The van der Waals surface area contributed by atoms with Crippen molar-refractivity contribution < 1.29 is 21.7 Å². The second kappa shape index (κ2) is 10.8. The van der Waals surface area contributed by atoms with Gasteiger partial charge in [0.2, 0.25) is 11.0 Å².